The molecule has 2 aromatic rings. The number of halogens is 4. The molecule has 2 rings (SSSR count). The Balaban J connectivity index is 2.28. The van der Waals surface area contributed by atoms with Gasteiger partial charge in [0, 0.05) is 19.5 Å². The molecule has 0 aliphatic heterocycles. The molecule has 6 heteroatoms. The van der Waals surface area contributed by atoms with Gasteiger partial charge in [-0.05, 0) is 52.3 Å². The summed E-state index contributed by atoms with van der Waals surface area (Å²) in [5.41, 5.74) is 0.747. The van der Waals surface area contributed by atoms with Crippen molar-refractivity contribution in [1.82, 2.24) is 0 Å². The summed E-state index contributed by atoms with van der Waals surface area (Å²) >= 11 is 12.3. The summed E-state index contributed by atoms with van der Waals surface area (Å²) in [6.07, 6.45) is 0. The van der Waals surface area contributed by atoms with Crippen molar-refractivity contribution < 1.29 is 9.18 Å². The SMILES string of the molecule is O=C(Nc1cc(Cl)ccc1Br)c1cc(F)cc(Br)c1. The second kappa shape index (κ2) is 6.03. The maximum absolute atomic E-state index is 13.2. The Bertz CT molecular complexity index is 628. The standard InChI is InChI=1S/C13H7Br2ClFNO/c14-8-3-7(4-10(17)5-8)13(19)18-12-6-9(16)1-2-11(12)15/h1-6H,(H,18,19). The molecule has 0 heterocycles. The van der Waals surface area contributed by atoms with Crippen molar-refractivity contribution in [3.05, 3.63) is 61.7 Å². The molecular weight excluding hydrogens is 400 g/mol. The Morgan fingerprint density at radius 2 is 1.89 bits per heavy atom. The fraction of sp³-hybridized carbons (Fsp3) is 0. The average Bonchev–Trinajstić information content (AvgIpc) is 2.32. The number of rotatable bonds is 2. The lowest BCUT2D eigenvalue weighted by Gasteiger charge is -2.08. The third-order valence-corrected chi connectivity index (χ3v) is 3.69. The third kappa shape index (κ3) is 3.78. The first kappa shape index (κ1) is 14.5. The van der Waals surface area contributed by atoms with Crippen molar-refractivity contribution in [3.63, 3.8) is 0 Å². The first-order valence-electron chi connectivity index (χ1n) is 5.18. The lowest BCUT2D eigenvalue weighted by molar-refractivity contribution is 0.102. The van der Waals surface area contributed by atoms with Gasteiger partial charge in [-0.1, -0.05) is 27.5 Å². The summed E-state index contributed by atoms with van der Waals surface area (Å²) in [7, 11) is 0. The van der Waals surface area contributed by atoms with E-state index in [0.717, 1.165) is 0 Å². The molecule has 2 aromatic carbocycles. The number of carbonyl (C=O) groups excluding carboxylic acids is 1. The minimum atomic E-state index is -0.482. The molecule has 2 nitrogen and oxygen atoms in total. The molecule has 0 aromatic heterocycles. The van der Waals surface area contributed by atoms with Crippen LogP contribution in [0.3, 0.4) is 0 Å². The first-order valence-corrected chi connectivity index (χ1v) is 7.14. The first-order chi connectivity index (χ1) is 8.95. The number of benzene rings is 2. The van der Waals surface area contributed by atoms with Crippen LogP contribution < -0.4 is 5.32 Å². The van der Waals surface area contributed by atoms with Gasteiger partial charge in [-0.2, -0.15) is 0 Å². The van der Waals surface area contributed by atoms with Crippen molar-refractivity contribution in [2.75, 3.05) is 5.32 Å². The van der Waals surface area contributed by atoms with Gasteiger partial charge >= 0.3 is 0 Å². The van der Waals surface area contributed by atoms with Gasteiger partial charge in [-0.25, -0.2) is 4.39 Å². The van der Waals surface area contributed by atoms with Gasteiger partial charge in [0.05, 0.1) is 5.69 Å². The highest BCUT2D eigenvalue weighted by Gasteiger charge is 2.10. The molecule has 1 amide bonds. The highest BCUT2D eigenvalue weighted by atomic mass is 79.9. The number of hydrogen-bond acceptors (Lipinski definition) is 1. The molecule has 0 fully saturated rings. The van der Waals surface area contributed by atoms with Gasteiger partial charge < -0.3 is 5.32 Å². The van der Waals surface area contributed by atoms with Gasteiger partial charge in [0.1, 0.15) is 5.82 Å². The van der Waals surface area contributed by atoms with Gasteiger partial charge in [-0.3, -0.25) is 4.79 Å². The van der Waals surface area contributed by atoms with Gasteiger partial charge in [0.15, 0.2) is 0 Å². The van der Waals surface area contributed by atoms with Gasteiger partial charge in [0.25, 0.3) is 5.91 Å². The van der Waals surface area contributed by atoms with Crippen LogP contribution in [0.4, 0.5) is 10.1 Å². The van der Waals surface area contributed by atoms with Crippen LogP contribution in [0.5, 0.6) is 0 Å². The van der Waals surface area contributed by atoms with Crippen LogP contribution in [0.25, 0.3) is 0 Å². The fourth-order valence-corrected chi connectivity index (χ4v) is 2.46. The lowest BCUT2D eigenvalue weighted by atomic mass is 10.2. The van der Waals surface area contributed by atoms with Crippen molar-refractivity contribution in [2.24, 2.45) is 0 Å². The topological polar surface area (TPSA) is 29.1 Å². The summed E-state index contributed by atoms with van der Waals surface area (Å²) < 4.78 is 14.4. The van der Waals surface area contributed by atoms with Crippen LogP contribution in [0.2, 0.25) is 5.02 Å². The highest BCUT2D eigenvalue weighted by molar-refractivity contribution is 9.10. The van der Waals surface area contributed by atoms with Crippen molar-refractivity contribution >= 4 is 55.1 Å². The smallest absolute Gasteiger partial charge is 0.255 e. The maximum Gasteiger partial charge on any atom is 0.255 e. The monoisotopic (exact) mass is 405 g/mol. The van der Waals surface area contributed by atoms with E-state index in [1.807, 2.05) is 0 Å². The van der Waals surface area contributed by atoms with Crippen molar-refractivity contribution in [1.29, 1.82) is 0 Å². The molecule has 0 bridgehead atoms. The molecule has 0 aliphatic rings. The number of hydrogen-bond donors (Lipinski definition) is 1. The molecule has 0 spiro atoms. The second-order valence-corrected chi connectivity index (χ2v) is 5.94. The Morgan fingerprint density at radius 3 is 2.58 bits per heavy atom. The molecule has 0 atom stereocenters. The molecule has 0 saturated heterocycles. The van der Waals surface area contributed by atoms with E-state index in [9.17, 15) is 9.18 Å². The predicted molar refractivity (Wildman–Crippen MR) is 81.2 cm³/mol. The Morgan fingerprint density at radius 1 is 1.16 bits per heavy atom. The molecule has 0 radical (unpaired) electrons. The Kier molecular flexibility index (Phi) is 4.60. The summed E-state index contributed by atoms with van der Waals surface area (Å²) in [4.78, 5) is 12.0. The zero-order chi connectivity index (χ0) is 14.0. The predicted octanol–water partition coefficient (Wildman–Crippen LogP) is 5.26. The molecule has 19 heavy (non-hydrogen) atoms. The van der Waals surface area contributed by atoms with Crippen LogP contribution in [0.1, 0.15) is 10.4 Å². The Hall–Kier alpha value is -0.910. The van der Waals surface area contributed by atoms with Crippen molar-refractivity contribution in [3.8, 4) is 0 Å². The van der Waals surface area contributed by atoms with Gasteiger partial charge in [0.2, 0.25) is 0 Å². The van der Waals surface area contributed by atoms with Crippen LogP contribution >= 0.6 is 43.5 Å². The third-order valence-electron chi connectivity index (χ3n) is 2.30. The van der Waals surface area contributed by atoms with E-state index in [1.165, 1.54) is 18.2 Å². The minimum absolute atomic E-state index is 0.221. The quantitative estimate of drug-likeness (QED) is 0.723. The normalized spacial score (nSPS) is 10.3. The largest absolute Gasteiger partial charge is 0.321 e. The van der Waals surface area contributed by atoms with Crippen molar-refractivity contribution in [2.45, 2.75) is 0 Å². The highest BCUT2D eigenvalue weighted by Crippen LogP contribution is 2.26. The molecule has 0 aliphatic carbocycles. The minimum Gasteiger partial charge on any atom is -0.321 e. The van der Waals surface area contributed by atoms with E-state index < -0.39 is 11.7 Å². The fourth-order valence-electron chi connectivity index (χ4n) is 1.47. The van der Waals surface area contributed by atoms with Crippen LogP contribution in [-0.2, 0) is 0 Å². The van der Waals surface area contributed by atoms with E-state index in [0.29, 0.717) is 19.7 Å². The van der Waals surface area contributed by atoms with E-state index in [2.05, 4.69) is 37.2 Å². The zero-order valence-electron chi connectivity index (χ0n) is 9.38. The lowest BCUT2D eigenvalue weighted by Crippen LogP contribution is -2.12. The summed E-state index contributed by atoms with van der Waals surface area (Å²) in [6, 6.07) is 9.01. The van der Waals surface area contributed by atoms with E-state index >= 15 is 0 Å². The van der Waals surface area contributed by atoms with Crippen LogP contribution in [-0.4, -0.2) is 5.91 Å². The molecule has 98 valence electrons. The van der Waals surface area contributed by atoms with E-state index in [4.69, 9.17) is 11.6 Å². The van der Waals surface area contributed by atoms with Crippen LogP contribution in [0, 0.1) is 5.82 Å². The zero-order valence-corrected chi connectivity index (χ0v) is 13.3. The van der Waals surface area contributed by atoms with E-state index in [-0.39, 0.29) is 5.56 Å². The number of carbonyl (C=O) groups is 1. The summed E-state index contributed by atoms with van der Waals surface area (Å²) in [5, 5.41) is 3.16. The number of anilines is 1. The summed E-state index contributed by atoms with van der Waals surface area (Å²) in [6.45, 7) is 0. The van der Waals surface area contributed by atoms with Crippen LogP contribution in [0.15, 0.2) is 45.3 Å². The Labute approximate surface area is 131 Å². The number of amides is 1. The summed E-state index contributed by atoms with van der Waals surface area (Å²) in [5.74, 6) is -0.896. The second-order valence-electron chi connectivity index (χ2n) is 3.74. The van der Waals surface area contributed by atoms with Gasteiger partial charge in [-0.15, -0.1) is 0 Å². The molecular formula is C13H7Br2ClFNO. The molecule has 1 N–H and O–H groups in total. The maximum atomic E-state index is 13.2. The number of nitrogens with one attached hydrogen (secondary N) is 1. The van der Waals surface area contributed by atoms with E-state index in [1.54, 1.807) is 18.2 Å². The molecule has 0 unspecified atom stereocenters. The average molecular weight is 407 g/mol. The molecule has 0 saturated carbocycles.